The molecule has 2 aromatic carbocycles. The molecule has 0 unspecified atom stereocenters. The van der Waals surface area contributed by atoms with Gasteiger partial charge in [0.05, 0.1) is 6.61 Å². The fraction of sp³-hybridized carbons (Fsp3) is 0.105. The molecule has 0 saturated heterocycles. The molecule has 0 aliphatic rings. The topological polar surface area (TPSA) is 93.5 Å². The van der Waals surface area contributed by atoms with Gasteiger partial charge in [0, 0.05) is 23.0 Å². The molecule has 0 aliphatic heterocycles. The van der Waals surface area contributed by atoms with Gasteiger partial charge in [0.25, 0.3) is 0 Å². The van der Waals surface area contributed by atoms with Crippen LogP contribution in [-0.2, 0) is 4.74 Å². The third kappa shape index (κ3) is 4.69. The van der Waals surface area contributed by atoms with Crippen LogP contribution in [-0.4, -0.2) is 23.8 Å². The SMILES string of the molecule is CCOC(=O)c1cc(-c2ccc(NC(=O)Nc3ccc(F)cc3)cc2)no1. The van der Waals surface area contributed by atoms with E-state index in [1.54, 1.807) is 31.2 Å². The number of rotatable bonds is 5. The summed E-state index contributed by atoms with van der Waals surface area (Å²) >= 11 is 0. The zero-order valence-electron chi connectivity index (χ0n) is 14.4. The molecule has 0 saturated carbocycles. The Hall–Kier alpha value is -3.68. The summed E-state index contributed by atoms with van der Waals surface area (Å²) in [6, 6.07) is 13.3. The molecule has 3 aromatic rings. The van der Waals surface area contributed by atoms with Crippen molar-refractivity contribution in [2.24, 2.45) is 0 Å². The summed E-state index contributed by atoms with van der Waals surface area (Å²) in [6.07, 6.45) is 0. The van der Waals surface area contributed by atoms with Crippen molar-refractivity contribution in [3.8, 4) is 11.3 Å². The van der Waals surface area contributed by atoms with Gasteiger partial charge >= 0.3 is 12.0 Å². The first-order valence-corrected chi connectivity index (χ1v) is 8.13. The molecule has 1 aromatic heterocycles. The van der Waals surface area contributed by atoms with Gasteiger partial charge in [-0.2, -0.15) is 0 Å². The van der Waals surface area contributed by atoms with E-state index in [4.69, 9.17) is 9.26 Å². The Balaban J connectivity index is 1.62. The standard InChI is InChI=1S/C19H16FN3O4/c1-2-26-18(24)17-11-16(23-27-17)12-3-7-14(8-4-12)21-19(25)22-15-9-5-13(20)6-10-15/h3-11H,2H2,1H3,(H2,21,22,25). The lowest BCUT2D eigenvalue weighted by molar-refractivity contribution is 0.0479. The van der Waals surface area contributed by atoms with E-state index in [0.717, 1.165) is 0 Å². The van der Waals surface area contributed by atoms with Crippen molar-refractivity contribution in [2.75, 3.05) is 17.2 Å². The molecule has 0 aliphatic carbocycles. The van der Waals surface area contributed by atoms with Crippen LogP contribution in [0.25, 0.3) is 11.3 Å². The van der Waals surface area contributed by atoms with Crippen molar-refractivity contribution in [2.45, 2.75) is 6.92 Å². The van der Waals surface area contributed by atoms with Crippen molar-refractivity contribution in [1.82, 2.24) is 5.16 Å². The van der Waals surface area contributed by atoms with E-state index in [9.17, 15) is 14.0 Å². The van der Waals surface area contributed by atoms with E-state index in [2.05, 4.69) is 15.8 Å². The van der Waals surface area contributed by atoms with Gasteiger partial charge in [-0.1, -0.05) is 17.3 Å². The lowest BCUT2D eigenvalue weighted by Crippen LogP contribution is -2.19. The molecule has 3 rings (SSSR count). The maximum absolute atomic E-state index is 12.9. The summed E-state index contributed by atoms with van der Waals surface area (Å²) in [7, 11) is 0. The predicted octanol–water partition coefficient (Wildman–Crippen LogP) is 4.30. The fourth-order valence-electron chi connectivity index (χ4n) is 2.26. The molecule has 138 valence electrons. The average Bonchev–Trinajstić information content (AvgIpc) is 3.15. The summed E-state index contributed by atoms with van der Waals surface area (Å²) in [6.45, 7) is 1.95. The molecular weight excluding hydrogens is 353 g/mol. The number of nitrogens with one attached hydrogen (secondary N) is 2. The lowest BCUT2D eigenvalue weighted by Gasteiger charge is -2.08. The molecule has 0 spiro atoms. The Morgan fingerprint density at radius 2 is 1.63 bits per heavy atom. The number of halogens is 1. The summed E-state index contributed by atoms with van der Waals surface area (Å²) in [5.41, 5.74) is 2.20. The maximum atomic E-state index is 12.9. The number of aromatic nitrogens is 1. The third-order valence-corrected chi connectivity index (χ3v) is 3.53. The van der Waals surface area contributed by atoms with Crippen molar-refractivity contribution in [3.63, 3.8) is 0 Å². The Kier molecular flexibility index (Phi) is 5.46. The molecule has 0 radical (unpaired) electrons. The molecule has 2 amide bonds. The smallest absolute Gasteiger partial charge is 0.377 e. The van der Waals surface area contributed by atoms with Gasteiger partial charge in [-0.05, 0) is 43.3 Å². The highest BCUT2D eigenvalue weighted by Gasteiger charge is 2.15. The van der Waals surface area contributed by atoms with Crippen molar-refractivity contribution < 1.29 is 23.2 Å². The largest absolute Gasteiger partial charge is 0.460 e. The van der Waals surface area contributed by atoms with Crippen molar-refractivity contribution in [1.29, 1.82) is 0 Å². The van der Waals surface area contributed by atoms with E-state index in [1.807, 2.05) is 0 Å². The molecule has 2 N–H and O–H groups in total. The summed E-state index contributed by atoms with van der Waals surface area (Å²) in [4.78, 5) is 23.6. The van der Waals surface area contributed by atoms with Crippen LogP contribution >= 0.6 is 0 Å². The minimum atomic E-state index is -0.577. The number of carbonyl (C=O) groups is 2. The van der Waals surface area contributed by atoms with Crippen LogP contribution in [0, 0.1) is 5.82 Å². The highest BCUT2D eigenvalue weighted by Crippen LogP contribution is 2.22. The van der Waals surface area contributed by atoms with Gasteiger partial charge in [0.1, 0.15) is 11.5 Å². The quantitative estimate of drug-likeness (QED) is 0.654. The van der Waals surface area contributed by atoms with Gasteiger partial charge in [-0.3, -0.25) is 0 Å². The van der Waals surface area contributed by atoms with Gasteiger partial charge in [-0.15, -0.1) is 0 Å². The molecular formula is C19H16FN3O4. The summed E-state index contributed by atoms with van der Waals surface area (Å²) < 4.78 is 22.7. The van der Waals surface area contributed by atoms with Crippen LogP contribution in [0.4, 0.5) is 20.6 Å². The van der Waals surface area contributed by atoms with E-state index in [0.29, 0.717) is 22.6 Å². The molecule has 0 atom stereocenters. The molecule has 7 nitrogen and oxygen atoms in total. The first kappa shape index (κ1) is 18.1. The van der Waals surface area contributed by atoms with Crippen LogP contribution in [0.3, 0.4) is 0 Å². The second-order valence-electron chi connectivity index (χ2n) is 5.46. The Morgan fingerprint density at radius 3 is 2.22 bits per heavy atom. The number of hydrogen-bond acceptors (Lipinski definition) is 5. The normalized spacial score (nSPS) is 10.3. The number of esters is 1. The van der Waals surface area contributed by atoms with E-state index < -0.39 is 12.0 Å². The molecule has 27 heavy (non-hydrogen) atoms. The Labute approximate surface area is 154 Å². The first-order valence-electron chi connectivity index (χ1n) is 8.13. The first-order chi connectivity index (χ1) is 13.0. The second-order valence-corrected chi connectivity index (χ2v) is 5.46. The van der Waals surface area contributed by atoms with Crippen LogP contribution in [0.15, 0.2) is 59.1 Å². The van der Waals surface area contributed by atoms with Gasteiger partial charge in [0.15, 0.2) is 0 Å². The van der Waals surface area contributed by atoms with E-state index >= 15 is 0 Å². The Morgan fingerprint density at radius 1 is 1.04 bits per heavy atom. The number of benzene rings is 2. The third-order valence-electron chi connectivity index (χ3n) is 3.53. The van der Waals surface area contributed by atoms with E-state index in [-0.39, 0.29) is 18.2 Å². The zero-order chi connectivity index (χ0) is 19.2. The molecule has 1 heterocycles. The summed E-state index contributed by atoms with van der Waals surface area (Å²) in [5.74, 6) is -0.935. The number of urea groups is 1. The van der Waals surface area contributed by atoms with Gasteiger partial charge in [-0.25, -0.2) is 14.0 Å². The van der Waals surface area contributed by atoms with Crippen LogP contribution < -0.4 is 10.6 Å². The van der Waals surface area contributed by atoms with E-state index in [1.165, 1.54) is 30.3 Å². The average molecular weight is 369 g/mol. The fourth-order valence-corrected chi connectivity index (χ4v) is 2.26. The van der Waals surface area contributed by atoms with Crippen molar-refractivity contribution in [3.05, 3.63) is 66.2 Å². The Bertz CT molecular complexity index is 936. The highest BCUT2D eigenvalue weighted by molar-refractivity contribution is 5.99. The number of anilines is 2. The predicted molar refractivity (Wildman–Crippen MR) is 96.9 cm³/mol. The monoisotopic (exact) mass is 369 g/mol. The van der Waals surface area contributed by atoms with Crippen LogP contribution in [0.5, 0.6) is 0 Å². The van der Waals surface area contributed by atoms with Gasteiger partial charge in [0.2, 0.25) is 5.76 Å². The number of ether oxygens (including phenoxy) is 1. The minimum absolute atomic E-state index is 0.0210. The maximum Gasteiger partial charge on any atom is 0.377 e. The van der Waals surface area contributed by atoms with Crippen molar-refractivity contribution >= 4 is 23.4 Å². The number of nitrogens with zero attached hydrogens (tertiary/aromatic N) is 1. The second kappa shape index (κ2) is 8.13. The summed E-state index contributed by atoms with van der Waals surface area (Å²) in [5, 5.41) is 9.10. The highest BCUT2D eigenvalue weighted by atomic mass is 19.1. The number of hydrogen-bond donors (Lipinski definition) is 2. The minimum Gasteiger partial charge on any atom is -0.460 e. The number of carbonyl (C=O) groups excluding carboxylic acids is 2. The van der Waals surface area contributed by atoms with Gasteiger partial charge < -0.3 is 19.9 Å². The number of amides is 2. The van der Waals surface area contributed by atoms with Crippen LogP contribution in [0.2, 0.25) is 0 Å². The lowest BCUT2D eigenvalue weighted by atomic mass is 10.1. The zero-order valence-corrected chi connectivity index (χ0v) is 14.4. The molecule has 0 bridgehead atoms. The molecule has 8 heteroatoms. The van der Waals surface area contributed by atoms with Crippen LogP contribution in [0.1, 0.15) is 17.5 Å². The molecule has 0 fully saturated rings.